The summed E-state index contributed by atoms with van der Waals surface area (Å²) in [5, 5.41) is 0. The van der Waals surface area contributed by atoms with Crippen molar-refractivity contribution >= 4 is 0 Å². The van der Waals surface area contributed by atoms with Crippen molar-refractivity contribution in [3.8, 4) is 0 Å². The lowest BCUT2D eigenvalue weighted by Crippen LogP contribution is -2.20. The summed E-state index contributed by atoms with van der Waals surface area (Å²) in [6.45, 7) is 6.48. The molecule has 0 amide bonds. The van der Waals surface area contributed by atoms with Crippen LogP contribution in [0.1, 0.15) is 26.7 Å². The largest absolute Gasteiger partial charge is 0.381 e. The molecule has 1 aliphatic heterocycles. The van der Waals surface area contributed by atoms with Crippen molar-refractivity contribution in [1.82, 2.24) is 0 Å². The molecule has 2 atom stereocenters. The molecule has 2 rings (SSSR count). The summed E-state index contributed by atoms with van der Waals surface area (Å²) in [6.07, 6.45) is 2.45. The highest BCUT2D eigenvalue weighted by Gasteiger charge is 2.58. The zero-order chi connectivity index (χ0) is 8.77. The highest BCUT2D eigenvalue weighted by Crippen LogP contribution is 2.56. The minimum Gasteiger partial charge on any atom is -0.381 e. The third-order valence-corrected chi connectivity index (χ3v) is 3.77. The Hall–Kier alpha value is -0.0800. The number of ether oxygens (including phenoxy) is 1. The molecule has 2 nitrogen and oxygen atoms in total. The van der Waals surface area contributed by atoms with Gasteiger partial charge in [0.15, 0.2) is 0 Å². The number of hydrogen-bond acceptors (Lipinski definition) is 2. The summed E-state index contributed by atoms with van der Waals surface area (Å²) < 4.78 is 5.34. The molecule has 2 unspecified atom stereocenters. The third-order valence-electron chi connectivity index (χ3n) is 3.77. The molecule has 0 aromatic rings. The zero-order valence-corrected chi connectivity index (χ0v) is 8.05. The SMILES string of the molecule is CC1(C)C(N)C1C1CCOCC1. The summed E-state index contributed by atoms with van der Waals surface area (Å²) in [7, 11) is 0. The van der Waals surface area contributed by atoms with Crippen LogP contribution >= 0.6 is 0 Å². The average Bonchev–Trinajstić information content (AvgIpc) is 2.53. The van der Waals surface area contributed by atoms with E-state index in [-0.39, 0.29) is 0 Å². The summed E-state index contributed by atoms with van der Waals surface area (Å²) in [6, 6.07) is 0.445. The van der Waals surface area contributed by atoms with Crippen LogP contribution in [-0.2, 0) is 4.74 Å². The van der Waals surface area contributed by atoms with Crippen LogP contribution in [0.3, 0.4) is 0 Å². The van der Waals surface area contributed by atoms with Crippen molar-refractivity contribution in [2.45, 2.75) is 32.7 Å². The Morgan fingerprint density at radius 1 is 1.25 bits per heavy atom. The summed E-state index contributed by atoms with van der Waals surface area (Å²) in [5.41, 5.74) is 6.44. The Bertz CT molecular complexity index is 173. The lowest BCUT2D eigenvalue weighted by Gasteiger charge is -2.23. The number of hydrogen-bond donors (Lipinski definition) is 1. The van der Waals surface area contributed by atoms with Crippen molar-refractivity contribution in [3.63, 3.8) is 0 Å². The molecular weight excluding hydrogens is 150 g/mol. The van der Waals surface area contributed by atoms with Crippen LogP contribution in [0.2, 0.25) is 0 Å². The first-order valence-electron chi connectivity index (χ1n) is 4.97. The third kappa shape index (κ3) is 1.17. The molecule has 1 heterocycles. The molecule has 2 heteroatoms. The molecule has 0 aromatic carbocycles. The fourth-order valence-electron chi connectivity index (χ4n) is 2.69. The Morgan fingerprint density at radius 2 is 1.75 bits per heavy atom. The second-order valence-corrected chi connectivity index (χ2v) is 4.82. The van der Waals surface area contributed by atoms with E-state index in [0.29, 0.717) is 11.5 Å². The molecule has 0 spiro atoms. The van der Waals surface area contributed by atoms with E-state index in [0.717, 1.165) is 25.0 Å². The predicted octanol–water partition coefficient (Wildman–Crippen LogP) is 1.40. The van der Waals surface area contributed by atoms with Crippen molar-refractivity contribution in [1.29, 1.82) is 0 Å². The summed E-state index contributed by atoms with van der Waals surface area (Å²) in [5.74, 6) is 1.60. The first kappa shape index (κ1) is 8.52. The van der Waals surface area contributed by atoms with Gasteiger partial charge in [-0.25, -0.2) is 0 Å². The monoisotopic (exact) mass is 169 g/mol. The van der Waals surface area contributed by atoms with Gasteiger partial charge in [0.05, 0.1) is 0 Å². The van der Waals surface area contributed by atoms with E-state index in [1.807, 2.05) is 0 Å². The number of nitrogens with two attached hydrogens (primary N) is 1. The van der Waals surface area contributed by atoms with Gasteiger partial charge < -0.3 is 10.5 Å². The fourth-order valence-corrected chi connectivity index (χ4v) is 2.69. The summed E-state index contributed by atoms with van der Waals surface area (Å²) in [4.78, 5) is 0. The Morgan fingerprint density at radius 3 is 2.17 bits per heavy atom. The molecule has 2 aliphatic rings. The highest BCUT2D eigenvalue weighted by molar-refractivity contribution is 5.11. The first-order valence-corrected chi connectivity index (χ1v) is 4.97. The molecule has 70 valence electrons. The average molecular weight is 169 g/mol. The van der Waals surface area contributed by atoms with Gasteiger partial charge in [-0.1, -0.05) is 13.8 Å². The van der Waals surface area contributed by atoms with E-state index in [1.54, 1.807) is 0 Å². The van der Waals surface area contributed by atoms with E-state index in [2.05, 4.69) is 13.8 Å². The van der Waals surface area contributed by atoms with Gasteiger partial charge >= 0.3 is 0 Å². The lowest BCUT2D eigenvalue weighted by atomic mass is 9.90. The second kappa shape index (κ2) is 2.71. The maximum absolute atomic E-state index is 6.03. The van der Waals surface area contributed by atoms with Crippen LogP contribution < -0.4 is 5.73 Å². The van der Waals surface area contributed by atoms with Gasteiger partial charge in [-0.2, -0.15) is 0 Å². The lowest BCUT2D eigenvalue weighted by molar-refractivity contribution is 0.0557. The Labute approximate surface area is 74.5 Å². The molecule has 1 saturated carbocycles. The molecule has 2 fully saturated rings. The van der Waals surface area contributed by atoms with Gasteiger partial charge in [-0.15, -0.1) is 0 Å². The van der Waals surface area contributed by atoms with Crippen molar-refractivity contribution in [2.24, 2.45) is 23.0 Å². The van der Waals surface area contributed by atoms with Crippen molar-refractivity contribution in [3.05, 3.63) is 0 Å². The first-order chi connectivity index (χ1) is 5.64. The van der Waals surface area contributed by atoms with Gasteiger partial charge in [0.25, 0.3) is 0 Å². The van der Waals surface area contributed by atoms with Crippen LogP contribution in [0, 0.1) is 17.3 Å². The van der Waals surface area contributed by atoms with Gasteiger partial charge in [0.1, 0.15) is 0 Å². The minimum absolute atomic E-state index is 0.405. The van der Waals surface area contributed by atoms with Gasteiger partial charge in [-0.3, -0.25) is 0 Å². The summed E-state index contributed by atoms with van der Waals surface area (Å²) >= 11 is 0. The molecule has 1 aliphatic carbocycles. The Kier molecular flexibility index (Phi) is 1.92. The van der Waals surface area contributed by atoms with E-state index < -0.39 is 0 Å². The molecule has 2 N–H and O–H groups in total. The van der Waals surface area contributed by atoms with E-state index in [9.17, 15) is 0 Å². The molecule has 0 radical (unpaired) electrons. The molecular formula is C10H19NO. The quantitative estimate of drug-likeness (QED) is 0.644. The molecule has 1 saturated heterocycles. The smallest absolute Gasteiger partial charge is 0.0468 e. The number of rotatable bonds is 1. The van der Waals surface area contributed by atoms with Crippen molar-refractivity contribution < 1.29 is 4.74 Å². The molecule has 0 aromatic heterocycles. The minimum atomic E-state index is 0.405. The van der Waals surface area contributed by atoms with Gasteiger partial charge in [0.2, 0.25) is 0 Å². The van der Waals surface area contributed by atoms with E-state index >= 15 is 0 Å². The Balaban J connectivity index is 1.93. The van der Waals surface area contributed by atoms with Crippen LogP contribution in [0.5, 0.6) is 0 Å². The standard InChI is InChI=1S/C10H19NO/c1-10(2)8(9(10)11)7-3-5-12-6-4-7/h7-9H,3-6,11H2,1-2H3. The molecule has 0 bridgehead atoms. The normalized spacial score (nSPS) is 41.2. The van der Waals surface area contributed by atoms with Crippen LogP contribution in [0.4, 0.5) is 0 Å². The maximum atomic E-state index is 6.03. The van der Waals surface area contributed by atoms with E-state index in [1.165, 1.54) is 12.8 Å². The fraction of sp³-hybridized carbons (Fsp3) is 1.00. The maximum Gasteiger partial charge on any atom is 0.0468 e. The van der Waals surface area contributed by atoms with Crippen molar-refractivity contribution in [2.75, 3.05) is 13.2 Å². The van der Waals surface area contributed by atoms with Gasteiger partial charge in [-0.05, 0) is 30.1 Å². The van der Waals surface area contributed by atoms with Crippen LogP contribution in [0.25, 0.3) is 0 Å². The van der Waals surface area contributed by atoms with E-state index in [4.69, 9.17) is 10.5 Å². The second-order valence-electron chi connectivity index (χ2n) is 4.82. The zero-order valence-electron chi connectivity index (χ0n) is 8.05. The highest BCUT2D eigenvalue weighted by atomic mass is 16.5. The van der Waals surface area contributed by atoms with Crippen LogP contribution in [0.15, 0.2) is 0 Å². The molecule has 12 heavy (non-hydrogen) atoms. The van der Waals surface area contributed by atoms with Crippen LogP contribution in [-0.4, -0.2) is 19.3 Å². The topological polar surface area (TPSA) is 35.2 Å². The predicted molar refractivity (Wildman–Crippen MR) is 48.8 cm³/mol. The van der Waals surface area contributed by atoms with Gasteiger partial charge in [0, 0.05) is 19.3 Å².